The van der Waals surface area contributed by atoms with E-state index in [1.807, 2.05) is 0 Å². The fourth-order valence-electron chi connectivity index (χ4n) is 2.24. The van der Waals surface area contributed by atoms with Gasteiger partial charge in [0.2, 0.25) is 0 Å². The van der Waals surface area contributed by atoms with Gasteiger partial charge in [-0.2, -0.15) is 0 Å². The summed E-state index contributed by atoms with van der Waals surface area (Å²) >= 11 is 0. The molecule has 3 nitrogen and oxygen atoms in total. The predicted molar refractivity (Wildman–Crippen MR) is 66.7 cm³/mol. The van der Waals surface area contributed by atoms with E-state index in [4.69, 9.17) is 4.74 Å². The highest BCUT2D eigenvalue weighted by molar-refractivity contribution is 4.72. The molecule has 1 aliphatic heterocycles. The van der Waals surface area contributed by atoms with E-state index >= 15 is 0 Å². The normalized spacial score (nSPS) is 24.0. The van der Waals surface area contributed by atoms with Crippen molar-refractivity contribution in [2.24, 2.45) is 5.92 Å². The Morgan fingerprint density at radius 3 is 2.56 bits per heavy atom. The summed E-state index contributed by atoms with van der Waals surface area (Å²) in [7, 11) is 0. The van der Waals surface area contributed by atoms with Gasteiger partial charge in [-0.15, -0.1) is 0 Å². The highest BCUT2D eigenvalue weighted by atomic mass is 16.5. The zero-order valence-corrected chi connectivity index (χ0v) is 10.4. The summed E-state index contributed by atoms with van der Waals surface area (Å²) in [5, 5.41) is 3.45. The highest BCUT2D eigenvalue weighted by Gasteiger charge is 2.20. The second-order valence-corrected chi connectivity index (χ2v) is 5.17. The van der Waals surface area contributed by atoms with E-state index in [0.29, 0.717) is 0 Å². The van der Waals surface area contributed by atoms with Crippen LogP contribution in [0.1, 0.15) is 32.1 Å². The number of nitrogens with zero attached hydrogens (tertiary/aromatic N) is 1. The third kappa shape index (κ3) is 5.28. The maximum Gasteiger partial charge on any atom is 0.0494 e. The van der Waals surface area contributed by atoms with Gasteiger partial charge in [-0.3, -0.25) is 0 Å². The van der Waals surface area contributed by atoms with Gasteiger partial charge in [-0.25, -0.2) is 0 Å². The Labute approximate surface area is 99.5 Å². The number of rotatable bonds is 6. The third-order valence-electron chi connectivity index (χ3n) is 3.47. The third-order valence-corrected chi connectivity index (χ3v) is 3.47. The quantitative estimate of drug-likeness (QED) is 0.695. The van der Waals surface area contributed by atoms with E-state index in [9.17, 15) is 0 Å². The first-order chi connectivity index (χ1) is 7.95. The lowest BCUT2D eigenvalue weighted by atomic mass is 10.2. The van der Waals surface area contributed by atoms with E-state index in [2.05, 4.69) is 10.2 Å². The van der Waals surface area contributed by atoms with Crippen molar-refractivity contribution in [2.75, 3.05) is 45.9 Å². The monoisotopic (exact) mass is 226 g/mol. The predicted octanol–water partition coefficient (Wildman–Crippen LogP) is 1.49. The molecule has 2 rings (SSSR count). The van der Waals surface area contributed by atoms with Gasteiger partial charge in [-0.1, -0.05) is 0 Å². The number of hydrogen-bond donors (Lipinski definition) is 1. The van der Waals surface area contributed by atoms with Gasteiger partial charge in [0.25, 0.3) is 0 Å². The second kappa shape index (κ2) is 7.25. The topological polar surface area (TPSA) is 24.5 Å². The number of hydrogen-bond acceptors (Lipinski definition) is 3. The Bertz CT molecular complexity index is 175. The lowest BCUT2D eigenvalue weighted by Gasteiger charge is -2.24. The minimum Gasteiger partial charge on any atom is -0.381 e. The molecule has 1 heterocycles. The molecular formula is C13H26N2O. The Morgan fingerprint density at radius 1 is 1.12 bits per heavy atom. The van der Waals surface area contributed by atoms with E-state index in [1.54, 1.807) is 0 Å². The maximum absolute atomic E-state index is 5.67. The largest absolute Gasteiger partial charge is 0.381 e. The first-order valence-electron chi connectivity index (χ1n) is 6.96. The summed E-state index contributed by atoms with van der Waals surface area (Å²) in [5.41, 5.74) is 0. The van der Waals surface area contributed by atoms with Crippen LogP contribution in [0, 0.1) is 5.92 Å². The van der Waals surface area contributed by atoms with Crippen LogP contribution < -0.4 is 5.32 Å². The molecule has 0 bridgehead atoms. The van der Waals surface area contributed by atoms with Gasteiger partial charge >= 0.3 is 0 Å². The van der Waals surface area contributed by atoms with Crippen LogP contribution in [-0.2, 0) is 4.74 Å². The van der Waals surface area contributed by atoms with E-state index < -0.39 is 0 Å². The van der Waals surface area contributed by atoms with E-state index in [0.717, 1.165) is 19.1 Å². The molecular weight excluding hydrogens is 200 g/mol. The lowest BCUT2D eigenvalue weighted by molar-refractivity contribution is 0.111. The van der Waals surface area contributed by atoms with Crippen molar-refractivity contribution in [1.29, 1.82) is 0 Å². The molecule has 3 heteroatoms. The first kappa shape index (κ1) is 12.3. The first-order valence-corrected chi connectivity index (χ1v) is 6.96. The summed E-state index contributed by atoms with van der Waals surface area (Å²) in [4.78, 5) is 2.60. The molecule has 1 saturated carbocycles. The number of ether oxygens (including phenoxy) is 1. The number of nitrogens with one attached hydrogen (secondary N) is 1. The Hall–Kier alpha value is -0.120. The zero-order chi connectivity index (χ0) is 11.1. The van der Waals surface area contributed by atoms with Crippen LogP contribution in [0.4, 0.5) is 0 Å². The van der Waals surface area contributed by atoms with Gasteiger partial charge in [0, 0.05) is 19.8 Å². The summed E-state index contributed by atoms with van der Waals surface area (Å²) in [5.74, 6) is 0.910. The van der Waals surface area contributed by atoms with Crippen LogP contribution >= 0.6 is 0 Å². The van der Waals surface area contributed by atoms with Crippen LogP contribution in [0.15, 0.2) is 0 Å². The van der Waals surface area contributed by atoms with Gasteiger partial charge in [-0.05, 0) is 64.2 Å². The molecule has 0 radical (unpaired) electrons. The van der Waals surface area contributed by atoms with Gasteiger partial charge in [0.1, 0.15) is 0 Å². The molecule has 2 fully saturated rings. The van der Waals surface area contributed by atoms with Crippen molar-refractivity contribution >= 4 is 0 Å². The maximum atomic E-state index is 5.67. The Kier molecular flexibility index (Phi) is 5.59. The molecule has 2 aliphatic rings. The highest BCUT2D eigenvalue weighted by Crippen LogP contribution is 2.28. The molecule has 94 valence electrons. The fraction of sp³-hybridized carbons (Fsp3) is 1.00. The van der Waals surface area contributed by atoms with E-state index in [-0.39, 0.29) is 0 Å². The molecule has 0 aromatic rings. The van der Waals surface area contributed by atoms with Crippen molar-refractivity contribution in [3.8, 4) is 0 Å². The molecule has 0 spiro atoms. The van der Waals surface area contributed by atoms with Crippen molar-refractivity contribution in [3.05, 3.63) is 0 Å². The smallest absolute Gasteiger partial charge is 0.0494 e. The molecule has 0 atom stereocenters. The van der Waals surface area contributed by atoms with Gasteiger partial charge < -0.3 is 15.0 Å². The summed E-state index contributed by atoms with van der Waals surface area (Å²) < 4.78 is 5.67. The average Bonchev–Trinajstić information content (AvgIpc) is 3.04. The molecule has 16 heavy (non-hydrogen) atoms. The fourth-order valence-corrected chi connectivity index (χ4v) is 2.24. The standard InChI is InChI=1S/C13H26N2O/c1-6-14-7-2-9-15(8-1)10-3-11-16-12-13-4-5-13/h13-14H,1-12H2. The minimum atomic E-state index is 0.910. The van der Waals surface area contributed by atoms with Crippen molar-refractivity contribution < 1.29 is 4.74 Å². The van der Waals surface area contributed by atoms with Gasteiger partial charge in [0.15, 0.2) is 0 Å². The van der Waals surface area contributed by atoms with Gasteiger partial charge in [0.05, 0.1) is 0 Å². The van der Waals surface area contributed by atoms with E-state index in [1.165, 1.54) is 64.8 Å². The molecule has 1 aliphatic carbocycles. The van der Waals surface area contributed by atoms with Crippen LogP contribution in [0.2, 0.25) is 0 Å². The summed E-state index contributed by atoms with van der Waals surface area (Å²) in [6, 6.07) is 0. The van der Waals surface area contributed by atoms with Crippen molar-refractivity contribution in [3.63, 3.8) is 0 Å². The Balaban J connectivity index is 1.46. The SMILES string of the molecule is C1CNCCCN(CCCOCC2CC2)C1. The summed E-state index contributed by atoms with van der Waals surface area (Å²) in [6.07, 6.45) is 6.60. The van der Waals surface area contributed by atoms with Crippen LogP contribution in [-0.4, -0.2) is 50.8 Å². The van der Waals surface area contributed by atoms with Crippen molar-refractivity contribution in [2.45, 2.75) is 32.1 Å². The molecule has 0 unspecified atom stereocenters. The second-order valence-electron chi connectivity index (χ2n) is 5.17. The molecule has 0 aromatic heterocycles. The molecule has 1 N–H and O–H groups in total. The minimum absolute atomic E-state index is 0.910. The zero-order valence-electron chi connectivity index (χ0n) is 10.4. The lowest BCUT2D eigenvalue weighted by Crippen LogP contribution is -2.34. The van der Waals surface area contributed by atoms with Crippen LogP contribution in [0.25, 0.3) is 0 Å². The molecule has 1 saturated heterocycles. The van der Waals surface area contributed by atoms with Crippen molar-refractivity contribution in [1.82, 2.24) is 10.2 Å². The molecule has 0 amide bonds. The average molecular weight is 226 g/mol. The molecule has 0 aromatic carbocycles. The Morgan fingerprint density at radius 2 is 1.88 bits per heavy atom. The van der Waals surface area contributed by atoms with Crippen LogP contribution in [0.5, 0.6) is 0 Å². The van der Waals surface area contributed by atoms with Crippen LogP contribution in [0.3, 0.4) is 0 Å². The summed E-state index contributed by atoms with van der Waals surface area (Å²) in [6.45, 7) is 8.11.